The fourth-order valence-corrected chi connectivity index (χ4v) is 3.98. The predicted octanol–water partition coefficient (Wildman–Crippen LogP) is 6.56. The first kappa shape index (κ1) is 19.6. The molecule has 0 aliphatic carbocycles. The summed E-state index contributed by atoms with van der Waals surface area (Å²) in [4.78, 5) is 14.5. The Kier molecular flexibility index (Phi) is 5.62. The largest absolute Gasteiger partial charge is 0.444 e. The number of halogens is 3. The summed E-state index contributed by atoms with van der Waals surface area (Å²) in [6, 6.07) is 18.1. The van der Waals surface area contributed by atoms with Crippen molar-refractivity contribution >= 4 is 27.7 Å². The lowest BCUT2D eigenvalue weighted by Crippen LogP contribution is -2.39. The molecule has 6 heteroatoms. The first-order valence-electron chi connectivity index (χ1n) is 9.27. The highest BCUT2D eigenvalue weighted by molar-refractivity contribution is 9.10. The number of hydrogen-bond donors (Lipinski definition) is 0. The van der Waals surface area contributed by atoms with Gasteiger partial charge in [0.2, 0.25) is 0 Å². The number of ether oxygens (including phenoxy) is 1. The van der Waals surface area contributed by atoms with Crippen LogP contribution in [0.4, 0.5) is 19.3 Å². The van der Waals surface area contributed by atoms with Gasteiger partial charge in [-0.2, -0.15) is 0 Å². The van der Waals surface area contributed by atoms with E-state index in [1.807, 2.05) is 30.3 Å². The molecule has 1 heterocycles. The zero-order chi connectivity index (χ0) is 20.4. The summed E-state index contributed by atoms with van der Waals surface area (Å²) in [7, 11) is 0. The predicted molar refractivity (Wildman–Crippen MR) is 111 cm³/mol. The number of rotatable bonds is 3. The van der Waals surface area contributed by atoms with Crippen molar-refractivity contribution in [3.05, 3.63) is 99.5 Å². The van der Waals surface area contributed by atoms with Crippen LogP contribution >= 0.6 is 15.9 Å². The van der Waals surface area contributed by atoms with Crippen LogP contribution in [0.5, 0.6) is 0 Å². The van der Waals surface area contributed by atoms with Gasteiger partial charge in [0.25, 0.3) is 0 Å². The van der Waals surface area contributed by atoms with E-state index in [9.17, 15) is 13.6 Å². The van der Waals surface area contributed by atoms with Crippen molar-refractivity contribution in [1.82, 2.24) is 0 Å². The van der Waals surface area contributed by atoms with Crippen molar-refractivity contribution < 1.29 is 18.3 Å². The van der Waals surface area contributed by atoms with Crippen molar-refractivity contribution in [3.8, 4) is 0 Å². The van der Waals surface area contributed by atoms with Gasteiger partial charge in [0.1, 0.15) is 18.2 Å². The van der Waals surface area contributed by atoms with E-state index in [2.05, 4.69) is 15.9 Å². The summed E-state index contributed by atoms with van der Waals surface area (Å²) in [5.41, 5.74) is 2.47. The van der Waals surface area contributed by atoms with Gasteiger partial charge in [-0.25, -0.2) is 13.6 Å². The number of aryl methyl sites for hydroxylation is 1. The minimum absolute atomic E-state index is 0.0951. The van der Waals surface area contributed by atoms with E-state index < -0.39 is 18.0 Å². The maximum atomic E-state index is 14.5. The highest BCUT2D eigenvalue weighted by Gasteiger charge is 2.35. The summed E-state index contributed by atoms with van der Waals surface area (Å²) in [6.45, 7) is 0.0951. The third-order valence-electron chi connectivity index (χ3n) is 5.05. The molecule has 148 valence electrons. The van der Waals surface area contributed by atoms with E-state index >= 15 is 0 Å². The Morgan fingerprint density at radius 3 is 2.52 bits per heavy atom. The number of carbonyl (C=O) groups is 1. The summed E-state index contributed by atoms with van der Waals surface area (Å²) >= 11 is 3.19. The normalized spacial score (nSPS) is 15.7. The topological polar surface area (TPSA) is 29.5 Å². The van der Waals surface area contributed by atoms with Gasteiger partial charge in [-0.05, 0) is 58.1 Å². The molecule has 3 aromatic rings. The lowest BCUT2D eigenvalue weighted by atomic mass is 9.91. The summed E-state index contributed by atoms with van der Waals surface area (Å²) < 4.78 is 34.4. The number of hydrogen-bond acceptors (Lipinski definition) is 2. The first-order valence-corrected chi connectivity index (χ1v) is 10.1. The zero-order valence-electron chi connectivity index (χ0n) is 15.4. The molecule has 1 aliphatic heterocycles. The molecule has 1 amide bonds. The minimum atomic E-state index is -0.596. The number of benzene rings is 3. The molecule has 1 unspecified atom stereocenters. The van der Waals surface area contributed by atoms with Gasteiger partial charge >= 0.3 is 6.09 Å². The van der Waals surface area contributed by atoms with Gasteiger partial charge in [0.05, 0.1) is 16.2 Å². The molecular weight excluding hydrogens is 440 g/mol. The van der Waals surface area contributed by atoms with Crippen LogP contribution < -0.4 is 4.90 Å². The summed E-state index contributed by atoms with van der Waals surface area (Å²) in [5, 5.41) is 0. The highest BCUT2D eigenvalue weighted by Crippen LogP contribution is 2.41. The first-order chi connectivity index (χ1) is 14.0. The third-order valence-corrected chi connectivity index (χ3v) is 5.65. The number of amides is 1. The van der Waals surface area contributed by atoms with Crippen LogP contribution in [0.25, 0.3) is 0 Å². The zero-order valence-corrected chi connectivity index (χ0v) is 17.0. The smallest absolute Gasteiger partial charge is 0.415 e. The fourth-order valence-electron chi connectivity index (χ4n) is 3.65. The molecule has 0 saturated carbocycles. The molecule has 0 N–H and O–H groups in total. The average molecular weight is 458 g/mol. The average Bonchev–Trinajstić information content (AvgIpc) is 2.73. The lowest BCUT2D eigenvalue weighted by molar-refractivity contribution is 0.143. The van der Waals surface area contributed by atoms with Gasteiger partial charge in [0, 0.05) is 5.56 Å². The Balaban J connectivity index is 1.71. The molecule has 29 heavy (non-hydrogen) atoms. The molecule has 0 spiro atoms. The number of nitrogens with zero attached hydrogens (tertiary/aromatic N) is 1. The molecule has 0 aromatic heterocycles. The van der Waals surface area contributed by atoms with Crippen LogP contribution in [0.3, 0.4) is 0 Å². The standard InChI is InChI=1S/C23H18BrF2NO2/c24-18-13-22-16(12-20(18)26)10-11-21(17-8-4-5-9-19(17)25)27(22)23(28)29-14-15-6-2-1-3-7-15/h1-9,12-13,21H,10-11,14H2. The van der Waals surface area contributed by atoms with Crippen LogP contribution in [0, 0.1) is 11.6 Å². The van der Waals surface area contributed by atoms with Crippen LogP contribution in [0.1, 0.15) is 29.2 Å². The Labute approximate surface area is 176 Å². The minimum Gasteiger partial charge on any atom is -0.444 e. The molecule has 3 aromatic carbocycles. The Bertz CT molecular complexity index is 1040. The van der Waals surface area contributed by atoms with E-state index in [0.29, 0.717) is 29.7 Å². The van der Waals surface area contributed by atoms with Gasteiger partial charge in [-0.15, -0.1) is 0 Å². The van der Waals surface area contributed by atoms with E-state index in [1.165, 1.54) is 17.0 Å². The lowest BCUT2D eigenvalue weighted by Gasteiger charge is -2.37. The molecule has 0 bridgehead atoms. The van der Waals surface area contributed by atoms with Crippen LogP contribution in [0.2, 0.25) is 0 Å². The monoisotopic (exact) mass is 457 g/mol. The second kappa shape index (κ2) is 8.33. The second-order valence-electron chi connectivity index (χ2n) is 6.88. The van der Waals surface area contributed by atoms with Crippen molar-refractivity contribution in [2.75, 3.05) is 4.90 Å². The van der Waals surface area contributed by atoms with Crippen LogP contribution in [0.15, 0.2) is 71.2 Å². The maximum absolute atomic E-state index is 14.5. The Morgan fingerprint density at radius 1 is 1.03 bits per heavy atom. The van der Waals surface area contributed by atoms with Crippen molar-refractivity contribution in [1.29, 1.82) is 0 Å². The summed E-state index contributed by atoms with van der Waals surface area (Å²) in [5.74, 6) is -0.784. The molecule has 0 saturated heterocycles. The number of fused-ring (bicyclic) bond motifs is 1. The molecule has 4 rings (SSSR count). The molecule has 1 atom stereocenters. The molecule has 3 nitrogen and oxygen atoms in total. The molecular formula is C23H18BrF2NO2. The van der Waals surface area contributed by atoms with Gasteiger partial charge < -0.3 is 4.74 Å². The molecule has 1 aliphatic rings. The quantitative estimate of drug-likeness (QED) is 0.445. The highest BCUT2D eigenvalue weighted by atomic mass is 79.9. The van der Waals surface area contributed by atoms with E-state index in [-0.39, 0.29) is 16.9 Å². The third kappa shape index (κ3) is 4.03. The van der Waals surface area contributed by atoms with Crippen molar-refractivity contribution in [2.24, 2.45) is 0 Å². The van der Waals surface area contributed by atoms with E-state index in [0.717, 1.165) is 5.56 Å². The number of anilines is 1. The maximum Gasteiger partial charge on any atom is 0.415 e. The van der Waals surface area contributed by atoms with Crippen molar-refractivity contribution in [3.63, 3.8) is 0 Å². The van der Waals surface area contributed by atoms with Gasteiger partial charge in [-0.3, -0.25) is 4.90 Å². The molecule has 0 fully saturated rings. The van der Waals surface area contributed by atoms with Crippen molar-refractivity contribution in [2.45, 2.75) is 25.5 Å². The van der Waals surface area contributed by atoms with Gasteiger partial charge in [0.15, 0.2) is 0 Å². The number of carbonyl (C=O) groups excluding carboxylic acids is 1. The summed E-state index contributed by atoms with van der Waals surface area (Å²) in [6.07, 6.45) is 0.401. The molecule has 0 radical (unpaired) electrons. The fraction of sp³-hybridized carbons (Fsp3) is 0.174. The second-order valence-corrected chi connectivity index (χ2v) is 7.74. The van der Waals surface area contributed by atoms with Gasteiger partial charge in [-0.1, -0.05) is 48.5 Å². The van der Waals surface area contributed by atoms with E-state index in [4.69, 9.17) is 4.74 Å². The van der Waals surface area contributed by atoms with Crippen LogP contribution in [-0.2, 0) is 17.8 Å². The van der Waals surface area contributed by atoms with E-state index in [1.54, 1.807) is 24.3 Å². The Hall–Kier alpha value is -2.73. The SMILES string of the molecule is O=C(OCc1ccccc1)N1c2cc(Br)c(F)cc2CCC1c1ccccc1F. The van der Waals surface area contributed by atoms with Crippen LogP contribution in [-0.4, -0.2) is 6.09 Å². The Morgan fingerprint density at radius 2 is 1.76 bits per heavy atom.